The Morgan fingerprint density at radius 3 is 1.81 bits per heavy atom. The van der Waals surface area contributed by atoms with Crippen molar-refractivity contribution in [1.82, 2.24) is 0 Å². The van der Waals surface area contributed by atoms with E-state index in [1.54, 1.807) is 0 Å². The van der Waals surface area contributed by atoms with Crippen molar-refractivity contribution < 1.29 is 38.0 Å². The number of benzene rings is 2. The Kier molecular flexibility index (Phi) is 6.50. The van der Waals surface area contributed by atoms with Gasteiger partial charge in [0.15, 0.2) is 6.10 Å². The Morgan fingerprint density at radius 2 is 1.34 bits per heavy atom. The molecule has 0 amide bonds. The van der Waals surface area contributed by atoms with Gasteiger partial charge in [-0.25, -0.2) is 9.59 Å². The van der Waals surface area contributed by atoms with Crippen molar-refractivity contribution >= 4 is 12.1 Å². The number of cyclic esters (lactones) is 3. The number of carbonyl (C=O) groups is 2. The van der Waals surface area contributed by atoms with Gasteiger partial charge in [0.25, 0.3) is 0 Å². The Bertz CT molecular complexity index is 925. The highest BCUT2D eigenvalue weighted by atomic mass is 16.8. The summed E-state index contributed by atoms with van der Waals surface area (Å²) < 4.78 is 31.5. The monoisotopic (exact) mass is 442 g/mol. The summed E-state index contributed by atoms with van der Waals surface area (Å²) in [5.41, 5.74) is 2.04. The van der Waals surface area contributed by atoms with Gasteiger partial charge in [0.1, 0.15) is 50.6 Å². The van der Waals surface area contributed by atoms with Crippen LogP contribution in [0.25, 0.3) is 0 Å². The highest BCUT2D eigenvalue weighted by Crippen LogP contribution is 2.33. The summed E-state index contributed by atoms with van der Waals surface area (Å²) in [7, 11) is 0. The lowest BCUT2D eigenvalue weighted by Crippen LogP contribution is -2.36. The van der Waals surface area contributed by atoms with E-state index in [1.165, 1.54) is 0 Å². The maximum atomic E-state index is 11.0. The Morgan fingerprint density at radius 1 is 0.812 bits per heavy atom. The molecule has 0 aliphatic carbocycles. The molecule has 2 heterocycles. The third kappa shape index (κ3) is 5.31. The minimum atomic E-state index is -0.653. The van der Waals surface area contributed by atoms with E-state index in [9.17, 15) is 9.59 Å². The molecule has 2 aliphatic heterocycles. The molecule has 0 N–H and O–H groups in total. The average Bonchev–Trinajstić information content (AvgIpc) is 3.23. The number of hydrogen-bond donors (Lipinski definition) is 0. The van der Waals surface area contributed by atoms with E-state index in [2.05, 4.69) is 13.8 Å². The van der Waals surface area contributed by atoms with E-state index >= 15 is 0 Å². The molecule has 2 atom stereocenters. The highest BCUT2D eigenvalue weighted by molar-refractivity contribution is 5.71. The number of esters is 1. The first kappa shape index (κ1) is 22.0. The van der Waals surface area contributed by atoms with Crippen LogP contribution in [-0.4, -0.2) is 57.4 Å². The van der Waals surface area contributed by atoms with E-state index in [1.807, 2.05) is 48.5 Å². The van der Waals surface area contributed by atoms with E-state index in [-0.39, 0.29) is 50.0 Å². The van der Waals surface area contributed by atoms with Gasteiger partial charge in [0.2, 0.25) is 0 Å². The molecular formula is C24H26O8. The van der Waals surface area contributed by atoms with Crippen molar-refractivity contribution in [3.8, 4) is 11.5 Å². The number of rotatable bonds is 8. The lowest BCUT2D eigenvalue weighted by Gasteiger charge is -2.27. The molecule has 2 fully saturated rings. The molecular weight excluding hydrogens is 416 g/mol. The van der Waals surface area contributed by atoms with Crippen molar-refractivity contribution in [3.05, 3.63) is 59.7 Å². The third-order valence-electron chi connectivity index (χ3n) is 5.54. The van der Waals surface area contributed by atoms with Crippen LogP contribution in [0, 0.1) is 0 Å². The first-order valence-electron chi connectivity index (χ1n) is 10.5. The third-order valence-corrected chi connectivity index (χ3v) is 5.54. The van der Waals surface area contributed by atoms with Crippen LogP contribution >= 0.6 is 0 Å². The summed E-state index contributed by atoms with van der Waals surface area (Å²) >= 11 is 0. The van der Waals surface area contributed by atoms with Gasteiger partial charge in [-0.15, -0.1) is 0 Å². The highest BCUT2D eigenvalue weighted by Gasteiger charge is 2.26. The van der Waals surface area contributed by atoms with Crippen molar-refractivity contribution in [2.24, 2.45) is 0 Å². The van der Waals surface area contributed by atoms with E-state index < -0.39 is 6.16 Å². The normalized spacial score (nSPS) is 20.8. The number of hydrogen-bond acceptors (Lipinski definition) is 8. The molecule has 32 heavy (non-hydrogen) atoms. The van der Waals surface area contributed by atoms with Crippen LogP contribution in [0.1, 0.15) is 25.0 Å². The summed E-state index contributed by atoms with van der Waals surface area (Å²) in [5.74, 6) is 1.08. The second-order valence-electron chi connectivity index (χ2n) is 8.21. The molecule has 0 saturated carbocycles. The Hall–Kier alpha value is -3.26. The molecule has 0 radical (unpaired) electrons. The van der Waals surface area contributed by atoms with Gasteiger partial charge in [0, 0.05) is 5.41 Å². The zero-order valence-electron chi connectivity index (χ0n) is 18.1. The summed E-state index contributed by atoms with van der Waals surface area (Å²) in [6.07, 6.45) is -1.28. The Labute approximate surface area is 186 Å². The van der Waals surface area contributed by atoms with Crippen molar-refractivity contribution in [1.29, 1.82) is 0 Å². The summed E-state index contributed by atoms with van der Waals surface area (Å²) in [6.45, 7) is 5.27. The van der Waals surface area contributed by atoms with E-state index in [4.69, 9.17) is 28.4 Å². The fraction of sp³-hybridized carbons (Fsp3) is 0.417. The van der Waals surface area contributed by atoms with Crippen LogP contribution in [0.5, 0.6) is 11.5 Å². The zero-order chi connectivity index (χ0) is 22.6. The minimum absolute atomic E-state index is 0.0343. The van der Waals surface area contributed by atoms with Gasteiger partial charge in [-0.2, -0.15) is 0 Å². The fourth-order valence-corrected chi connectivity index (χ4v) is 3.49. The molecule has 4 rings (SSSR count). The predicted octanol–water partition coefficient (Wildman–Crippen LogP) is 3.25. The Balaban J connectivity index is 1.32. The van der Waals surface area contributed by atoms with Crippen molar-refractivity contribution in [2.75, 3.05) is 33.0 Å². The molecule has 2 aliphatic rings. The van der Waals surface area contributed by atoms with E-state index in [0.29, 0.717) is 12.4 Å². The van der Waals surface area contributed by atoms with Crippen molar-refractivity contribution in [3.63, 3.8) is 0 Å². The molecule has 2 aromatic rings. The molecule has 0 aromatic heterocycles. The maximum absolute atomic E-state index is 11.0. The van der Waals surface area contributed by atoms with Gasteiger partial charge in [-0.3, -0.25) is 0 Å². The number of ether oxygens (including phenoxy) is 6. The van der Waals surface area contributed by atoms with Crippen molar-refractivity contribution in [2.45, 2.75) is 31.5 Å². The topological polar surface area (TPSA) is 89.5 Å². The molecule has 8 nitrogen and oxygen atoms in total. The van der Waals surface area contributed by atoms with Gasteiger partial charge in [-0.1, -0.05) is 38.1 Å². The lowest BCUT2D eigenvalue weighted by molar-refractivity contribution is -0.170. The minimum Gasteiger partial charge on any atom is -0.491 e. The van der Waals surface area contributed by atoms with Gasteiger partial charge >= 0.3 is 12.1 Å². The standard InChI is InChI=1S/C24H26O8/c1-24(2,17-5-9-19(10-6-17)28-13-21-14-31-23(26)32-21)16-3-7-18(8-4-16)27-11-20-12-30-22(25)15-29-20/h3-10,20-21H,11-15H2,1-2H3. The van der Waals surface area contributed by atoms with E-state index in [0.717, 1.165) is 16.9 Å². The lowest BCUT2D eigenvalue weighted by atomic mass is 9.78. The first-order chi connectivity index (χ1) is 15.4. The molecule has 0 spiro atoms. The summed E-state index contributed by atoms with van der Waals surface area (Å²) in [4.78, 5) is 22.0. The molecule has 2 aromatic carbocycles. The van der Waals surface area contributed by atoms with Crippen LogP contribution in [0.4, 0.5) is 4.79 Å². The van der Waals surface area contributed by atoms with Gasteiger partial charge in [-0.05, 0) is 35.4 Å². The SMILES string of the molecule is CC(C)(c1ccc(OCC2COC(=O)CO2)cc1)c1ccc(OCC2COC(=O)O2)cc1. The fourth-order valence-electron chi connectivity index (χ4n) is 3.49. The van der Waals surface area contributed by atoms with Crippen LogP contribution in [-0.2, 0) is 29.2 Å². The molecule has 170 valence electrons. The molecule has 8 heteroatoms. The molecule has 2 unspecified atom stereocenters. The molecule has 0 bridgehead atoms. The van der Waals surface area contributed by atoms with Crippen LogP contribution in [0.15, 0.2) is 48.5 Å². The van der Waals surface area contributed by atoms with Crippen LogP contribution < -0.4 is 9.47 Å². The largest absolute Gasteiger partial charge is 0.508 e. The van der Waals surface area contributed by atoms with Crippen LogP contribution in [0.3, 0.4) is 0 Å². The smallest absolute Gasteiger partial charge is 0.491 e. The zero-order valence-corrected chi connectivity index (χ0v) is 18.1. The first-order valence-corrected chi connectivity index (χ1v) is 10.5. The van der Waals surface area contributed by atoms with Gasteiger partial charge < -0.3 is 28.4 Å². The average molecular weight is 442 g/mol. The maximum Gasteiger partial charge on any atom is 0.508 e. The quantitative estimate of drug-likeness (QED) is 0.576. The number of carbonyl (C=O) groups excluding carboxylic acids is 2. The summed E-state index contributed by atoms with van der Waals surface area (Å²) in [5, 5.41) is 0. The van der Waals surface area contributed by atoms with Gasteiger partial charge in [0.05, 0.1) is 0 Å². The second-order valence-corrected chi connectivity index (χ2v) is 8.21. The molecule has 2 saturated heterocycles. The van der Waals surface area contributed by atoms with Crippen LogP contribution in [0.2, 0.25) is 0 Å². The second kappa shape index (κ2) is 9.48. The predicted molar refractivity (Wildman–Crippen MR) is 113 cm³/mol. The summed E-state index contributed by atoms with van der Waals surface area (Å²) in [6, 6.07) is 15.8.